The molecule has 0 bridgehead atoms. The molecule has 0 aliphatic carbocycles. The highest BCUT2D eigenvalue weighted by Crippen LogP contribution is 2.19. The van der Waals surface area contributed by atoms with E-state index < -0.39 is 5.97 Å². The Kier molecular flexibility index (Phi) is 3.40. The van der Waals surface area contributed by atoms with Crippen molar-refractivity contribution >= 4 is 17.8 Å². The van der Waals surface area contributed by atoms with Crippen LogP contribution in [0, 0.1) is 5.92 Å². The monoisotopic (exact) mass is 250 g/mol. The minimum atomic E-state index is -1.05. The van der Waals surface area contributed by atoms with Crippen molar-refractivity contribution in [3.05, 3.63) is 18.0 Å². The van der Waals surface area contributed by atoms with E-state index in [1.807, 2.05) is 4.90 Å². The van der Waals surface area contributed by atoms with Gasteiger partial charge in [0.2, 0.25) is 11.9 Å². The second-order valence-electron chi connectivity index (χ2n) is 4.24. The van der Waals surface area contributed by atoms with Crippen LogP contribution in [-0.4, -0.2) is 40.0 Å². The molecule has 0 spiro atoms. The van der Waals surface area contributed by atoms with Crippen LogP contribution >= 0.6 is 0 Å². The Hall–Kier alpha value is -2.18. The largest absolute Gasteiger partial charge is 0.478 e. The van der Waals surface area contributed by atoms with E-state index >= 15 is 0 Å². The van der Waals surface area contributed by atoms with Gasteiger partial charge in [-0.05, 0) is 12.8 Å². The molecule has 7 heteroatoms. The zero-order valence-electron chi connectivity index (χ0n) is 9.74. The van der Waals surface area contributed by atoms with Crippen LogP contribution in [-0.2, 0) is 4.79 Å². The highest BCUT2D eigenvalue weighted by molar-refractivity contribution is 5.86. The van der Waals surface area contributed by atoms with Gasteiger partial charge in [-0.15, -0.1) is 0 Å². The molecule has 0 unspecified atom stereocenters. The van der Waals surface area contributed by atoms with Crippen molar-refractivity contribution in [1.82, 2.24) is 9.97 Å². The number of anilines is 1. The molecular weight excluding hydrogens is 236 g/mol. The fourth-order valence-corrected chi connectivity index (χ4v) is 1.96. The van der Waals surface area contributed by atoms with Crippen molar-refractivity contribution in [2.24, 2.45) is 11.7 Å². The van der Waals surface area contributed by atoms with Gasteiger partial charge >= 0.3 is 5.97 Å². The van der Waals surface area contributed by atoms with Crippen LogP contribution in [0.15, 0.2) is 12.4 Å². The molecule has 2 heterocycles. The van der Waals surface area contributed by atoms with Gasteiger partial charge in [0.1, 0.15) is 0 Å². The van der Waals surface area contributed by atoms with Crippen molar-refractivity contribution in [2.75, 3.05) is 18.0 Å². The van der Waals surface area contributed by atoms with Crippen molar-refractivity contribution in [3.8, 4) is 0 Å². The van der Waals surface area contributed by atoms with Crippen molar-refractivity contribution < 1.29 is 14.7 Å². The van der Waals surface area contributed by atoms with E-state index in [0.717, 1.165) is 0 Å². The van der Waals surface area contributed by atoms with Gasteiger partial charge in [-0.25, -0.2) is 14.8 Å². The summed E-state index contributed by atoms with van der Waals surface area (Å²) in [6.45, 7) is 1.31. The first-order valence-electron chi connectivity index (χ1n) is 5.67. The summed E-state index contributed by atoms with van der Waals surface area (Å²) in [5, 5.41) is 8.74. The minimum Gasteiger partial charge on any atom is -0.478 e. The predicted molar refractivity (Wildman–Crippen MR) is 63.1 cm³/mol. The third-order valence-corrected chi connectivity index (χ3v) is 3.07. The number of rotatable bonds is 3. The van der Waals surface area contributed by atoms with Gasteiger partial charge < -0.3 is 15.7 Å². The predicted octanol–water partition coefficient (Wildman–Crippen LogP) is -0.124. The molecular formula is C11H14N4O3. The van der Waals surface area contributed by atoms with Gasteiger partial charge in [0, 0.05) is 31.4 Å². The Morgan fingerprint density at radius 3 is 2.28 bits per heavy atom. The van der Waals surface area contributed by atoms with Crippen molar-refractivity contribution in [3.63, 3.8) is 0 Å². The number of aromatic carboxylic acids is 1. The van der Waals surface area contributed by atoms with E-state index in [2.05, 4.69) is 9.97 Å². The molecule has 1 aliphatic heterocycles. The third-order valence-electron chi connectivity index (χ3n) is 3.07. The highest BCUT2D eigenvalue weighted by Gasteiger charge is 2.24. The zero-order chi connectivity index (χ0) is 13.1. The van der Waals surface area contributed by atoms with Gasteiger partial charge in [0.15, 0.2) is 0 Å². The molecule has 0 saturated carbocycles. The Balaban J connectivity index is 2.01. The van der Waals surface area contributed by atoms with Gasteiger partial charge in [-0.1, -0.05) is 0 Å². The molecule has 2 rings (SSSR count). The molecule has 0 aromatic carbocycles. The molecule has 0 radical (unpaired) electrons. The topological polar surface area (TPSA) is 109 Å². The summed E-state index contributed by atoms with van der Waals surface area (Å²) in [6, 6.07) is 0. The molecule has 1 fully saturated rings. The van der Waals surface area contributed by atoms with Crippen LogP contribution in [0.3, 0.4) is 0 Å². The van der Waals surface area contributed by atoms with Crippen LogP contribution in [0.5, 0.6) is 0 Å². The van der Waals surface area contributed by atoms with Crippen molar-refractivity contribution in [2.45, 2.75) is 12.8 Å². The number of piperidine rings is 1. The number of carboxylic acids is 1. The number of carbonyl (C=O) groups excluding carboxylic acids is 1. The quantitative estimate of drug-likeness (QED) is 0.773. The van der Waals surface area contributed by atoms with Crippen molar-refractivity contribution in [1.29, 1.82) is 0 Å². The fourth-order valence-electron chi connectivity index (χ4n) is 1.96. The highest BCUT2D eigenvalue weighted by atomic mass is 16.4. The van der Waals surface area contributed by atoms with E-state index in [1.165, 1.54) is 12.4 Å². The Labute approximate surface area is 104 Å². The van der Waals surface area contributed by atoms with Gasteiger partial charge in [-0.3, -0.25) is 4.79 Å². The maximum atomic E-state index is 11.0. The van der Waals surface area contributed by atoms with Crippen LogP contribution in [0.25, 0.3) is 0 Å². The summed E-state index contributed by atoms with van der Waals surface area (Å²) in [7, 11) is 0. The molecule has 1 amide bonds. The standard InChI is InChI=1S/C11H14N4O3/c12-9(16)7-1-3-15(4-2-7)11-13-5-8(6-14-11)10(17)18/h5-7H,1-4H2,(H2,12,16)(H,17,18). The number of amides is 1. The Morgan fingerprint density at radius 2 is 1.83 bits per heavy atom. The molecule has 3 N–H and O–H groups in total. The first-order valence-corrected chi connectivity index (χ1v) is 5.67. The molecule has 1 aromatic rings. The van der Waals surface area contributed by atoms with E-state index in [4.69, 9.17) is 10.8 Å². The summed E-state index contributed by atoms with van der Waals surface area (Å²) in [5.74, 6) is -0.909. The summed E-state index contributed by atoms with van der Waals surface area (Å²) in [5.41, 5.74) is 5.31. The van der Waals surface area contributed by atoms with Crippen LogP contribution in [0.2, 0.25) is 0 Å². The number of nitrogens with two attached hydrogens (primary N) is 1. The summed E-state index contributed by atoms with van der Waals surface area (Å²) < 4.78 is 0. The van der Waals surface area contributed by atoms with E-state index in [1.54, 1.807) is 0 Å². The maximum absolute atomic E-state index is 11.0. The number of aromatic nitrogens is 2. The molecule has 0 atom stereocenters. The second-order valence-corrected chi connectivity index (χ2v) is 4.24. The molecule has 18 heavy (non-hydrogen) atoms. The Bertz CT molecular complexity index is 452. The normalized spacial score (nSPS) is 16.6. The number of hydrogen-bond donors (Lipinski definition) is 2. The molecule has 7 nitrogen and oxygen atoms in total. The van der Waals surface area contributed by atoms with Crippen LogP contribution in [0.1, 0.15) is 23.2 Å². The third kappa shape index (κ3) is 2.55. The number of hydrogen-bond acceptors (Lipinski definition) is 5. The first-order chi connectivity index (χ1) is 8.58. The number of carbonyl (C=O) groups is 2. The van der Waals surface area contributed by atoms with Crippen LogP contribution < -0.4 is 10.6 Å². The van der Waals surface area contributed by atoms with E-state index in [-0.39, 0.29) is 17.4 Å². The fraction of sp³-hybridized carbons (Fsp3) is 0.455. The minimum absolute atomic E-state index is 0.0609. The first kappa shape index (κ1) is 12.3. The lowest BCUT2D eigenvalue weighted by Gasteiger charge is -2.30. The summed E-state index contributed by atoms with van der Waals surface area (Å²) >= 11 is 0. The van der Waals surface area contributed by atoms with E-state index in [9.17, 15) is 9.59 Å². The molecule has 1 saturated heterocycles. The molecule has 1 aromatic heterocycles. The number of carboxylic acid groups (broad SMARTS) is 1. The molecule has 1 aliphatic rings. The lowest BCUT2D eigenvalue weighted by Crippen LogP contribution is -2.39. The summed E-state index contributed by atoms with van der Waals surface area (Å²) in [4.78, 5) is 31.6. The average molecular weight is 250 g/mol. The maximum Gasteiger partial charge on any atom is 0.338 e. The number of primary amides is 1. The number of nitrogens with zero attached hydrogens (tertiary/aromatic N) is 3. The lowest BCUT2D eigenvalue weighted by molar-refractivity contribution is -0.122. The lowest BCUT2D eigenvalue weighted by atomic mass is 9.96. The second kappa shape index (κ2) is 4.99. The zero-order valence-corrected chi connectivity index (χ0v) is 9.74. The van der Waals surface area contributed by atoms with Gasteiger partial charge in [0.05, 0.1) is 5.56 Å². The smallest absolute Gasteiger partial charge is 0.338 e. The van der Waals surface area contributed by atoms with Gasteiger partial charge in [-0.2, -0.15) is 0 Å². The van der Waals surface area contributed by atoms with Crippen LogP contribution in [0.4, 0.5) is 5.95 Å². The Morgan fingerprint density at radius 1 is 1.28 bits per heavy atom. The summed E-state index contributed by atoms with van der Waals surface area (Å²) in [6.07, 6.45) is 3.93. The average Bonchev–Trinajstić information content (AvgIpc) is 2.39. The molecule has 96 valence electrons. The SMILES string of the molecule is NC(=O)C1CCN(c2ncc(C(=O)O)cn2)CC1. The van der Waals surface area contributed by atoms with E-state index in [0.29, 0.717) is 31.9 Å². The van der Waals surface area contributed by atoms with Gasteiger partial charge in [0.25, 0.3) is 0 Å².